The Morgan fingerprint density at radius 2 is 2.21 bits per heavy atom. The highest BCUT2D eigenvalue weighted by Crippen LogP contribution is 2.03. The van der Waals surface area contributed by atoms with Gasteiger partial charge in [0, 0.05) is 18.4 Å². The first kappa shape index (κ1) is 13.0. The number of aliphatic carboxylic acids is 1. The van der Waals surface area contributed by atoms with E-state index in [1.54, 1.807) is 0 Å². The quantitative estimate of drug-likeness (QED) is 0.512. The second-order valence-electron chi connectivity index (χ2n) is 2.70. The number of allylic oxidation sites excluding steroid dienone is 1. The van der Waals surface area contributed by atoms with E-state index in [9.17, 15) is 9.59 Å². The number of carboxylic acid groups (broad SMARTS) is 1. The van der Waals surface area contributed by atoms with Crippen molar-refractivity contribution in [3.05, 3.63) is 12.2 Å². The number of rotatable bonds is 6. The van der Waals surface area contributed by atoms with Crippen molar-refractivity contribution in [3.8, 4) is 0 Å². The minimum atomic E-state index is -0.992. The second kappa shape index (κ2) is 7.44. The Hall–Kier alpha value is -0.970. The fourth-order valence-electron chi connectivity index (χ4n) is 0.770. The zero-order valence-electron chi connectivity index (χ0n) is 8.32. The van der Waals surface area contributed by atoms with E-state index in [4.69, 9.17) is 5.11 Å². The largest absolute Gasteiger partial charge is 0.480 e. The van der Waals surface area contributed by atoms with Gasteiger partial charge in [0.25, 0.3) is 0 Å². The van der Waals surface area contributed by atoms with Crippen LogP contribution in [0.5, 0.6) is 0 Å². The first-order valence-electron chi connectivity index (χ1n) is 4.26. The summed E-state index contributed by atoms with van der Waals surface area (Å²) in [5.41, 5.74) is 0. The third-order valence-corrected chi connectivity index (χ3v) is 2.41. The number of carbonyl (C=O) groups is 2. The van der Waals surface area contributed by atoms with Crippen LogP contribution in [0.1, 0.15) is 13.8 Å². The van der Waals surface area contributed by atoms with Gasteiger partial charge in [-0.1, -0.05) is 12.2 Å². The summed E-state index contributed by atoms with van der Waals surface area (Å²) >= 11 is 1.47. The second-order valence-corrected chi connectivity index (χ2v) is 3.77. The maximum atomic E-state index is 10.7. The first-order valence-corrected chi connectivity index (χ1v) is 5.42. The van der Waals surface area contributed by atoms with E-state index in [2.05, 4.69) is 5.32 Å². The van der Waals surface area contributed by atoms with Crippen molar-refractivity contribution in [1.82, 2.24) is 5.32 Å². The number of hydrogen-bond donors (Lipinski definition) is 2. The summed E-state index contributed by atoms with van der Waals surface area (Å²) in [4.78, 5) is 21.3. The Labute approximate surface area is 87.8 Å². The highest BCUT2D eigenvalue weighted by molar-refractivity contribution is 7.99. The number of amides is 1. The van der Waals surface area contributed by atoms with Crippen molar-refractivity contribution in [3.63, 3.8) is 0 Å². The van der Waals surface area contributed by atoms with Gasteiger partial charge in [0.15, 0.2) is 0 Å². The van der Waals surface area contributed by atoms with E-state index in [0.29, 0.717) is 5.75 Å². The fraction of sp³-hybridized carbons (Fsp3) is 0.556. The summed E-state index contributed by atoms with van der Waals surface area (Å²) in [5.74, 6) is -0.156. The molecule has 0 aliphatic rings. The molecule has 1 atom stereocenters. The predicted octanol–water partition coefficient (Wildman–Crippen LogP) is 0.885. The number of nitrogens with one attached hydrogen (secondary N) is 1. The molecule has 0 heterocycles. The maximum absolute atomic E-state index is 10.7. The third-order valence-electron chi connectivity index (χ3n) is 1.41. The van der Waals surface area contributed by atoms with E-state index >= 15 is 0 Å². The van der Waals surface area contributed by atoms with Gasteiger partial charge in [-0.25, -0.2) is 4.79 Å². The van der Waals surface area contributed by atoms with Crippen LogP contribution < -0.4 is 5.32 Å². The molecule has 0 fully saturated rings. The lowest BCUT2D eigenvalue weighted by Gasteiger charge is -2.11. The van der Waals surface area contributed by atoms with E-state index in [-0.39, 0.29) is 5.91 Å². The van der Waals surface area contributed by atoms with Crippen LogP contribution in [-0.2, 0) is 9.59 Å². The van der Waals surface area contributed by atoms with Gasteiger partial charge in [-0.15, -0.1) is 0 Å². The number of hydrogen-bond acceptors (Lipinski definition) is 3. The molecule has 80 valence electrons. The first-order chi connectivity index (χ1) is 6.57. The normalized spacial score (nSPS) is 12.7. The van der Waals surface area contributed by atoms with Crippen LogP contribution in [0.4, 0.5) is 0 Å². The standard InChI is InChI=1S/C9H15NO3S/c1-3-4-5-14-6-8(9(12)13)10-7(2)11/h3-4,8H,5-6H2,1-2H3,(H,10,11)(H,12,13). The molecular formula is C9H15NO3S. The lowest BCUT2D eigenvalue weighted by molar-refractivity contribution is -0.140. The summed E-state index contributed by atoms with van der Waals surface area (Å²) < 4.78 is 0. The van der Waals surface area contributed by atoms with Crippen molar-refractivity contribution in [2.24, 2.45) is 0 Å². The van der Waals surface area contributed by atoms with Crippen LogP contribution in [-0.4, -0.2) is 34.5 Å². The minimum Gasteiger partial charge on any atom is -0.480 e. The molecule has 0 aliphatic heterocycles. The number of carbonyl (C=O) groups excluding carboxylic acids is 1. The summed E-state index contributed by atoms with van der Waals surface area (Å²) in [7, 11) is 0. The SMILES string of the molecule is CC=CCSCC(NC(C)=O)C(=O)O. The van der Waals surface area contributed by atoms with Gasteiger partial charge < -0.3 is 10.4 Å². The summed E-state index contributed by atoms with van der Waals surface area (Å²) in [6.45, 7) is 3.22. The van der Waals surface area contributed by atoms with Crippen LogP contribution in [0.2, 0.25) is 0 Å². The van der Waals surface area contributed by atoms with E-state index < -0.39 is 12.0 Å². The minimum absolute atomic E-state index is 0.316. The topological polar surface area (TPSA) is 66.4 Å². The zero-order valence-corrected chi connectivity index (χ0v) is 9.13. The molecule has 1 unspecified atom stereocenters. The summed E-state index contributed by atoms with van der Waals surface area (Å²) in [5, 5.41) is 11.1. The van der Waals surface area contributed by atoms with Gasteiger partial charge >= 0.3 is 5.97 Å². The molecule has 0 aromatic carbocycles. The van der Waals surface area contributed by atoms with Crippen molar-refractivity contribution >= 4 is 23.6 Å². The lowest BCUT2D eigenvalue weighted by atomic mass is 10.3. The molecule has 0 saturated heterocycles. The van der Waals surface area contributed by atoms with Crippen molar-refractivity contribution in [2.75, 3.05) is 11.5 Å². The molecule has 0 saturated carbocycles. The monoisotopic (exact) mass is 217 g/mol. The average molecular weight is 217 g/mol. The smallest absolute Gasteiger partial charge is 0.327 e. The molecule has 0 aromatic rings. The Morgan fingerprint density at radius 3 is 2.64 bits per heavy atom. The van der Waals surface area contributed by atoms with Gasteiger partial charge in [0.05, 0.1) is 0 Å². The maximum Gasteiger partial charge on any atom is 0.327 e. The van der Waals surface area contributed by atoms with Crippen LogP contribution in [0, 0.1) is 0 Å². The third kappa shape index (κ3) is 6.54. The Kier molecular flexibility index (Phi) is 6.92. The van der Waals surface area contributed by atoms with Crippen LogP contribution in [0.3, 0.4) is 0 Å². The highest BCUT2D eigenvalue weighted by Gasteiger charge is 2.17. The van der Waals surface area contributed by atoms with Gasteiger partial charge in [-0.05, 0) is 6.92 Å². The van der Waals surface area contributed by atoms with Crippen LogP contribution in [0.25, 0.3) is 0 Å². The molecule has 0 aromatic heterocycles. The molecule has 5 heteroatoms. The van der Waals surface area contributed by atoms with Gasteiger partial charge in [0.2, 0.25) is 5.91 Å². The van der Waals surface area contributed by atoms with Gasteiger partial charge in [0.1, 0.15) is 6.04 Å². The Bertz CT molecular complexity index is 228. The van der Waals surface area contributed by atoms with E-state index in [1.165, 1.54) is 18.7 Å². The molecule has 0 rings (SSSR count). The van der Waals surface area contributed by atoms with Gasteiger partial charge in [-0.2, -0.15) is 11.8 Å². The highest BCUT2D eigenvalue weighted by atomic mass is 32.2. The molecule has 0 bridgehead atoms. The van der Waals surface area contributed by atoms with E-state index in [0.717, 1.165) is 5.75 Å². The molecule has 0 spiro atoms. The molecule has 14 heavy (non-hydrogen) atoms. The molecular weight excluding hydrogens is 202 g/mol. The molecule has 4 nitrogen and oxygen atoms in total. The van der Waals surface area contributed by atoms with Crippen LogP contribution in [0.15, 0.2) is 12.2 Å². The van der Waals surface area contributed by atoms with Crippen molar-refractivity contribution < 1.29 is 14.7 Å². The number of thioether (sulfide) groups is 1. The van der Waals surface area contributed by atoms with E-state index in [1.807, 2.05) is 19.1 Å². The van der Waals surface area contributed by atoms with Gasteiger partial charge in [-0.3, -0.25) is 4.79 Å². The predicted molar refractivity (Wildman–Crippen MR) is 57.4 cm³/mol. The number of carboxylic acids is 1. The zero-order chi connectivity index (χ0) is 11.0. The van der Waals surface area contributed by atoms with Crippen molar-refractivity contribution in [1.29, 1.82) is 0 Å². The Morgan fingerprint density at radius 1 is 1.57 bits per heavy atom. The molecule has 1 amide bonds. The molecule has 2 N–H and O–H groups in total. The van der Waals surface area contributed by atoms with Crippen molar-refractivity contribution in [2.45, 2.75) is 19.9 Å². The molecule has 0 radical (unpaired) electrons. The summed E-state index contributed by atoms with van der Waals surface area (Å²) in [6.07, 6.45) is 3.85. The Balaban J connectivity index is 3.85. The van der Waals surface area contributed by atoms with Crippen LogP contribution >= 0.6 is 11.8 Å². The molecule has 0 aliphatic carbocycles. The summed E-state index contributed by atoms with van der Waals surface area (Å²) in [6, 6.07) is -0.789. The fourth-order valence-corrected chi connectivity index (χ4v) is 1.70. The average Bonchev–Trinajstić information content (AvgIpc) is 2.09. The lowest BCUT2D eigenvalue weighted by Crippen LogP contribution is -2.41.